The van der Waals surface area contributed by atoms with Crippen LogP contribution in [0.4, 0.5) is 5.69 Å². The normalized spacial score (nSPS) is 19.0. The van der Waals surface area contributed by atoms with Crippen molar-refractivity contribution < 1.29 is 9.72 Å². The molecule has 1 aromatic rings. The van der Waals surface area contributed by atoms with E-state index in [2.05, 4.69) is 4.90 Å². The highest BCUT2D eigenvalue weighted by atomic mass is 32.2. The van der Waals surface area contributed by atoms with E-state index in [0.29, 0.717) is 13.1 Å². The van der Waals surface area contributed by atoms with Gasteiger partial charge in [0.1, 0.15) is 4.20 Å². The Morgan fingerprint density at radius 3 is 2.33 bits per heavy atom. The Balaban J connectivity index is 2.00. The Bertz CT molecular complexity index is 514. The molecule has 8 heteroatoms. The molecule has 0 aromatic heterocycles. The zero-order chi connectivity index (χ0) is 15.5. The average Bonchev–Trinajstić information content (AvgIpc) is 2.47. The number of hydrogen-bond acceptors (Lipinski definition) is 6. The molecule has 0 radical (unpaired) electrons. The zero-order valence-electron chi connectivity index (χ0n) is 11.6. The van der Waals surface area contributed by atoms with Crippen LogP contribution in [0.1, 0.15) is 6.92 Å². The maximum Gasteiger partial charge on any atom is 0.269 e. The summed E-state index contributed by atoms with van der Waals surface area (Å²) in [6, 6.07) is 6.46. The minimum absolute atomic E-state index is 0.0832. The SMILES string of the molecule is CC(S)(Sc1ccc([N+](=O)[O-])cc1)N1CCN(C=O)CC1. The van der Waals surface area contributed by atoms with Gasteiger partial charge in [-0.25, -0.2) is 0 Å². The second-order valence-corrected chi connectivity index (χ2v) is 7.56. The molecular weight excluding hydrogens is 310 g/mol. The quantitative estimate of drug-likeness (QED) is 0.224. The summed E-state index contributed by atoms with van der Waals surface area (Å²) in [6.07, 6.45) is 0.872. The third kappa shape index (κ3) is 4.12. The molecule has 1 aliphatic rings. The number of rotatable bonds is 5. The van der Waals surface area contributed by atoms with E-state index in [9.17, 15) is 14.9 Å². The number of nitro benzene ring substituents is 1. The molecule has 0 aliphatic carbocycles. The second-order valence-electron chi connectivity index (χ2n) is 4.92. The topological polar surface area (TPSA) is 66.7 Å². The van der Waals surface area contributed by atoms with Crippen LogP contribution in [0.15, 0.2) is 29.2 Å². The predicted octanol–water partition coefficient (Wildman–Crippen LogP) is 2.06. The maximum atomic E-state index is 10.7. The average molecular weight is 327 g/mol. The molecule has 0 N–H and O–H groups in total. The largest absolute Gasteiger partial charge is 0.343 e. The van der Waals surface area contributed by atoms with Gasteiger partial charge in [-0.15, -0.1) is 12.6 Å². The van der Waals surface area contributed by atoms with Crippen molar-refractivity contribution in [2.75, 3.05) is 26.2 Å². The minimum atomic E-state index is -0.425. The highest BCUT2D eigenvalue weighted by Crippen LogP contribution is 2.39. The number of carbonyl (C=O) groups is 1. The summed E-state index contributed by atoms with van der Waals surface area (Å²) in [7, 11) is 0. The van der Waals surface area contributed by atoms with Crippen LogP contribution in [0.25, 0.3) is 0 Å². The van der Waals surface area contributed by atoms with Gasteiger partial charge in [0.25, 0.3) is 5.69 Å². The molecule has 0 bridgehead atoms. The number of piperazine rings is 1. The lowest BCUT2D eigenvalue weighted by molar-refractivity contribution is -0.384. The lowest BCUT2D eigenvalue weighted by atomic mass is 10.3. The number of thiol groups is 1. The van der Waals surface area contributed by atoms with E-state index in [1.54, 1.807) is 28.8 Å². The molecule has 0 spiro atoms. The summed E-state index contributed by atoms with van der Waals surface area (Å²) >= 11 is 6.26. The van der Waals surface area contributed by atoms with Crippen LogP contribution < -0.4 is 0 Å². The van der Waals surface area contributed by atoms with E-state index < -0.39 is 9.13 Å². The van der Waals surface area contributed by atoms with Crippen molar-refractivity contribution in [3.63, 3.8) is 0 Å². The summed E-state index contributed by atoms with van der Waals surface area (Å²) in [5.41, 5.74) is 0.0832. The molecule has 1 heterocycles. The lowest BCUT2D eigenvalue weighted by Crippen LogP contribution is -2.51. The number of hydrogen-bond donors (Lipinski definition) is 1. The van der Waals surface area contributed by atoms with Gasteiger partial charge in [0.15, 0.2) is 0 Å². The van der Waals surface area contributed by atoms with E-state index in [1.165, 1.54) is 12.1 Å². The first-order valence-corrected chi connectivity index (χ1v) is 7.79. The van der Waals surface area contributed by atoms with E-state index >= 15 is 0 Å². The molecule has 2 rings (SSSR count). The van der Waals surface area contributed by atoms with Crippen LogP contribution in [0, 0.1) is 10.1 Å². The highest BCUT2D eigenvalue weighted by Gasteiger charge is 2.31. The molecular formula is C13H17N3O3S2. The minimum Gasteiger partial charge on any atom is -0.343 e. The number of amides is 1. The van der Waals surface area contributed by atoms with Crippen LogP contribution in [0.2, 0.25) is 0 Å². The van der Waals surface area contributed by atoms with Gasteiger partial charge in [-0.1, -0.05) is 11.8 Å². The van der Waals surface area contributed by atoms with E-state index in [0.717, 1.165) is 24.4 Å². The highest BCUT2D eigenvalue weighted by molar-refractivity contribution is 8.11. The first-order chi connectivity index (χ1) is 9.92. The number of non-ortho nitro benzene ring substituents is 1. The van der Waals surface area contributed by atoms with Crippen molar-refractivity contribution in [2.24, 2.45) is 0 Å². The van der Waals surface area contributed by atoms with Crippen molar-refractivity contribution in [3.05, 3.63) is 34.4 Å². The van der Waals surface area contributed by atoms with Gasteiger partial charge < -0.3 is 4.90 Å². The fourth-order valence-corrected chi connectivity index (χ4v) is 3.71. The van der Waals surface area contributed by atoms with Crippen molar-refractivity contribution in [1.29, 1.82) is 0 Å². The van der Waals surface area contributed by atoms with Crippen molar-refractivity contribution in [3.8, 4) is 0 Å². The molecule has 1 saturated heterocycles. The number of thioether (sulfide) groups is 1. The molecule has 1 amide bonds. The molecule has 114 valence electrons. The molecule has 1 aromatic carbocycles. The number of nitrogens with zero attached hydrogens (tertiary/aromatic N) is 3. The standard InChI is InChI=1S/C13H17N3O3S2/c1-13(20,15-8-6-14(10-17)7-9-15)21-12-4-2-11(3-5-12)16(18)19/h2-5,10,20H,6-9H2,1H3. The van der Waals surface area contributed by atoms with Gasteiger partial charge in [-0.05, 0) is 19.1 Å². The predicted molar refractivity (Wildman–Crippen MR) is 85.6 cm³/mol. The molecule has 1 fully saturated rings. The molecule has 6 nitrogen and oxygen atoms in total. The van der Waals surface area contributed by atoms with Gasteiger partial charge in [0.2, 0.25) is 6.41 Å². The Labute approximate surface area is 133 Å². The number of benzene rings is 1. The Hall–Kier alpha value is -1.25. The van der Waals surface area contributed by atoms with Crippen molar-refractivity contribution in [1.82, 2.24) is 9.80 Å². The Morgan fingerprint density at radius 1 is 1.29 bits per heavy atom. The lowest BCUT2D eigenvalue weighted by Gasteiger charge is -2.41. The van der Waals surface area contributed by atoms with E-state index in [4.69, 9.17) is 12.6 Å². The Kier molecular flexibility index (Phi) is 5.13. The van der Waals surface area contributed by atoms with Crippen LogP contribution in [-0.4, -0.2) is 51.5 Å². The summed E-state index contributed by atoms with van der Waals surface area (Å²) < 4.78 is -0.425. The summed E-state index contributed by atoms with van der Waals surface area (Å²) in [6.45, 7) is 4.91. The smallest absolute Gasteiger partial charge is 0.269 e. The van der Waals surface area contributed by atoms with Crippen molar-refractivity contribution >= 4 is 36.5 Å². The summed E-state index contributed by atoms with van der Waals surface area (Å²) in [5, 5.41) is 10.6. The van der Waals surface area contributed by atoms with Crippen LogP contribution >= 0.6 is 24.4 Å². The zero-order valence-corrected chi connectivity index (χ0v) is 13.3. The molecule has 1 aliphatic heterocycles. The van der Waals surface area contributed by atoms with Crippen LogP contribution in [0.5, 0.6) is 0 Å². The second kappa shape index (κ2) is 6.67. The van der Waals surface area contributed by atoms with Crippen LogP contribution in [0.3, 0.4) is 0 Å². The first-order valence-electron chi connectivity index (χ1n) is 6.52. The third-order valence-corrected chi connectivity index (χ3v) is 5.12. The van der Waals surface area contributed by atoms with Gasteiger partial charge in [0, 0.05) is 43.2 Å². The fourth-order valence-electron chi connectivity index (χ4n) is 2.17. The van der Waals surface area contributed by atoms with Crippen LogP contribution in [-0.2, 0) is 4.79 Å². The van der Waals surface area contributed by atoms with E-state index in [1.807, 2.05) is 6.92 Å². The third-order valence-electron chi connectivity index (χ3n) is 3.41. The maximum absolute atomic E-state index is 10.7. The van der Waals surface area contributed by atoms with Gasteiger partial charge in [0.05, 0.1) is 4.92 Å². The molecule has 1 unspecified atom stereocenters. The Morgan fingerprint density at radius 2 is 1.86 bits per heavy atom. The fraction of sp³-hybridized carbons (Fsp3) is 0.462. The molecule has 0 saturated carbocycles. The molecule has 1 atom stereocenters. The molecule has 21 heavy (non-hydrogen) atoms. The monoisotopic (exact) mass is 327 g/mol. The number of carbonyl (C=O) groups excluding carboxylic acids is 1. The number of nitro groups is 1. The summed E-state index contributed by atoms with van der Waals surface area (Å²) in [4.78, 5) is 25.8. The van der Waals surface area contributed by atoms with Crippen molar-refractivity contribution in [2.45, 2.75) is 16.0 Å². The van der Waals surface area contributed by atoms with Gasteiger partial charge >= 0.3 is 0 Å². The van der Waals surface area contributed by atoms with Gasteiger partial charge in [-0.2, -0.15) is 0 Å². The van der Waals surface area contributed by atoms with E-state index in [-0.39, 0.29) is 5.69 Å². The first kappa shape index (κ1) is 16.1. The summed E-state index contributed by atoms with van der Waals surface area (Å²) in [5.74, 6) is 0. The van der Waals surface area contributed by atoms with Gasteiger partial charge in [-0.3, -0.25) is 19.8 Å².